The van der Waals surface area contributed by atoms with Crippen molar-refractivity contribution >= 4 is 40.3 Å². The minimum atomic E-state index is 0.107. The number of rotatable bonds is 3. The van der Waals surface area contributed by atoms with Crippen LogP contribution in [0, 0.1) is 10.5 Å². The highest BCUT2D eigenvalue weighted by atomic mass is 127. The van der Waals surface area contributed by atoms with Gasteiger partial charge in [0.2, 0.25) is 5.95 Å². The zero-order valence-corrected chi connectivity index (χ0v) is 17.7. The Balaban J connectivity index is 1.44. The number of carbonyl (C=O) groups is 1. The second-order valence-corrected chi connectivity index (χ2v) is 8.40. The first-order chi connectivity index (χ1) is 13.1. The lowest BCUT2D eigenvalue weighted by molar-refractivity contribution is 0.0746. The number of hydrogen-bond donors (Lipinski definition) is 0. The number of hydrogen-bond acceptors (Lipinski definition) is 5. The molecular weight excluding hydrogens is 453 g/mol. The molecule has 0 N–H and O–H groups in total. The molecule has 4 rings (SSSR count). The molecule has 0 radical (unpaired) electrons. The molecule has 27 heavy (non-hydrogen) atoms. The summed E-state index contributed by atoms with van der Waals surface area (Å²) in [4.78, 5) is 28.7. The highest BCUT2D eigenvalue weighted by Gasteiger charge is 2.24. The molecule has 0 aliphatic carbocycles. The van der Waals surface area contributed by atoms with Crippen molar-refractivity contribution in [1.29, 1.82) is 0 Å². The zero-order valence-electron chi connectivity index (χ0n) is 15.6. The number of nitrogens with zero attached hydrogens (tertiary/aromatic N) is 5. The van der Waals surface area contributed by atoms with Gasteiger partial charge in [0.15, 0.2) is 0 Å². The molecule has 7 heteroatoms. The van der Waals surface area contributed by atoms with Gasteiger partial charge in [-0.1, -0.05) is 6.07 Å². The van der Waals surface area contributed by atoms with Crippen molar-refractivity contribution in [2.45, 2.75) is 19.8 Å². The van der Waals surface area contributed by atoms with E-state index in [1.807, 2.05) is 36.1 Å². The number of piperazine rings is 1. The van der Waals surface area contributed by atoms with Crippen LogP contribution in [0.3, 0.4) is 0 Å². The molecule has 0 unspecified atom stereocenters. The highest BCUT2D eigenvalue weighted by molar-refractivity contribution is 14.1. The molecule has 0 bridgehead atoms. The van der Waals surface area contributed by atoms with Crippen LogP contribution in [0.25, 0.3) is 0 Å². The third-order valence-electron chi connectivity index (χ3n) is 5.18. The molecular formula is C20H24IN5O. The summed E-state index contributed by atoms with van der Waals surface area (Å²) in [7, 11) is 0. The standard InChI is InChI=1S/C20H24IN5O/c1-15-13-18(24-7-2-3-8-24)23-20(22-15)26-11-9-25(10-12-26)19(27)16-5-4-6-17(21)14-16/h4-6,13-14H,2-3,7-12H2,1H3. The maximum absolute atomic E-state index is 12.7. The number of amides is 1. The number of benzene rings is 1. The molecule has 2 saturated heterocycles. The molecule has 6 nitrogen and oxygen atoms in total. The maximum atomic E-state index is 12.7. The summed E-state index contributed by atoms with van der Waals surface area (Å²) in [5.74, 6) is 1.93. The van der Waals surface area contributed by atoms with E-state index in [0.717, 1.165) is 52.8 Å². The zero-order chi connectivity index (χ0) is 18.8. The van der Waals surface area contributed by atoms with E-state index in [2.05, 4.69) is 43.4 Å². The van der Waals surface area contributed by atoms with Crippen LogP contribution in [0.2, 0.25) is 0 Å². The van der Waals surface area contributed by atoms with Crippen LogP contribution in [0.1, 0.15) is 28.9 Å². The van der Waals surface area contributed by atoms with Gasteiger partial charge in [0.1, 0.15) is 5.82 Å². The number of aryl methyl sites for hydroxylation is 1. The Bertz CT molecular complexity index is 829. The van der Waals surface area contributed by atoms with Crippen molar-refractivity contribution < 1.29 is 4.79 Å². The normalized spacial score (nSPS) is 17.5. The summed E-state index contributed by atoms with van der Waals surface area (Å²) in [5.41, 5.74) is 1.76. The molecule has 0 saturated carbocycles. The van der Waals surface area contributed by atoms with E-state index in [4.69, 9.17) is 4.98 Å². The van der Waals surface area contributed by atoms with Gasteiger partial charge in [-0.15, -0.1) is 0 Å². The number of halogens is 1. The van der Waals surface area contributed by atoms with Gasteiger partial charge >= 0.3 is 0 Å². The van der Waals surface area contributed by atoms with Crippen molar-refractivity contribution in [3.05, 3.63) is 45.2 Å². The van der Waals surface area contributed by atoms with Gasteiger partial charge < -0.3 is 14.7 Å². The van der Waals surface area contributed by atoms with Gasteiger partial charge in [-0.25, -0.2) is 4.98 Å². The van der Waals surface area contributed by atoms with Gasteiger partial charge in [-0.05, 0) is 60.6 Å². The van der Waals surface area contributed by atoms with E-state index < -0.39 is 0 Å². The lowest BCUT2D eigenvalue weighted by Crippen LogP contribution is -2.49. The van der Waals surface area contributed by atoms with Gasteiger partial charge in [-0.3, -0.25) is 4.79 Å². The predicted octanol–water partition coefficient (Wildman–Crippen LogP) is 2.95. The lowest BCUT2D eigenvalue weighted by atomic mass is 10.2. The van der Waals surface area contributed by atoms with Crippen LogP contribution < -0.4 is 9.80 Å². The molecule has 142 valence electrons. The number of carbonyl (C=O) groups excluding carboxylic acids is 1. The molecule has 2 aliphatic heterocycles. The van der Waals surface area contributed by atoms with Crippen molar-refractivity contribution in [3.8, 4) is 0 Å². The van der Waals surface area contributed by atoms with E-state index in [1.54, 1.807) is 0 Å². The minimum Gasteiger partial charge on any atom is -0.356 e. The Morgan fingerprint density at radius 3 is 2.41 bits per heavy atom. The molecule has 0 atom stereocenters. The Morgan fingerprint density at radius 2 is 1.70 bits per heavy atom. The fourth-order valence-corrected chi connectivity index (χ4v) is 4.24. The Morgan fingerprint density at radius 1 is 0.963 bits per heavy atom. The van der Waals surface area contributed by atoms with E-state index in [9.17, 15) is 4.79 Å². The van der Waals surface area contributed by atoms with Gasteiger partial charge in [0, 0.05) is 60.2 Å². The summed E-state index contributed by atoms with van der Waals surface area (Å²) >= 11 is 2.24. The Labute approximate surface area is 173 Å². The SMILES string of the molecule is Cc1cc(N2CCCC2)nc(N2CCN(C(=O)c3cccc(I)c3)CC2)n1. The van der Waals surface area contributed by atoms with Crippen molar-refractivity contribution in [3.63, 3.8) is 0 Å². The first-order valence-electron chi connectivity index (χ1n) is 9.50. The number of anilines is 2. The van der Waals surface area contributed by atoms with Crippen LogP contribution in [0.5, 0.6) is 0 Å². The second kappa shape index (κ2) is 8.00. The topological polar surface area (TPSA) is 52.6 Å². The molecule has 2 fully saturated rings. The van der Waals surface area contributed by atoms with Crippen LogP contribution in [-0.2, 0) is 0 Å². The van der Waals surface area contributed by atoms with Crippen molar-refractivity contribution in [2.24, 2.45) is 0 Å². The Kier molecular flexibility index (Phi) is 5.47. The summed E-state index contributed by atoms with van der Waals surface area (Å²) in [6, 6.07) is 9.85. The summed E-state index contributed by atoms with van der Waals surface area (Å²) < 4.78 is 1.08. The molecule has 1 aromatic carbocycles. The quantitative estimate of drug-likeness (QED) is 0.637. The molecule has 2 aromatic rings. The summed E-state index contributed by atoms with van der Waals surface area (Å²) in [6.07, 6.45) is 2.47. The Hall–Kier alpha value is -1.90. The summed E-state index contributed by atoms with van der Waals surface area (Å²) in [5, 5.41) is 0. The van der Waals surface area contributed by atoms with Gasteiger partial charge in [0.25, 0.3) is 5.91 Å². The molecule has 1 aromatic heterocycles. The van der Waals surface area contributed by atoms with Crippen LogP contribution in [0.4, 0.5) is 11.8 Å². The minimum absolute atomic E-state index is 0.107. The first-order valence-corrected chi connectivity index (χ1v) is 10.6. The monoisotopic (exact) mass is 477 g/mol. The molecule has 0 spiro atoms. The largest absolute Gasteiger partial charge is 0.356 e. The van der Waals surface area contributed by atoms with Crippen LogP contribution in [0.15, 0.2) is 30.3 Å². The second-order valence-electron chi connectivity index (χ2n) is 7.15. The maximum Gasteiger partial charge on any atom is 0.254 e. The fourth-order valence-electron chi connectivity index (χ4n) is 3.70. The first kappa shape index (κ1) is 18.5. The van der Waals surface area contributed by atoms with Gasteiger partial charge in [0.05, 0.1) is 0 Å². The predicted molar refractivity (Wildman–Crippen MR) is 115 cm³/mol. The summed E-state index contributed by atoms with van der Waals surface area (Å²) in [6.45, 7) is 7.10. The third-order valence-corrected chi connectivity index (χ3v) is 5.85. The van der Waals surface area contributed by atoms with E-state index in [0.29, 0.717) is 13.1 Å². The fraction of sp³-hybridized carbons (Fsp3) is 0.450. The van der Waals surface area contributed by atoms with Crippen molar-refractivity contribution in [1.82, 2.24) is 14.9 Å². The molecule has 2 aliphatic rings. The van der Waals surface area contributed by atoms with E-state index in [1.165, 1.54) is 12.8 Å². The molecule has 1 amide bonds. The van der Waals surface area contributed by atoms with Gasteiger partial charge in [-0.2, -0.15) is 4.98 Å². The van der Waals surface area contributed by atoms with E-state index in [-0.39, 0.29) is 5.91 Å². The smallest absolute Gasteiger partial charge is 0.254 e. The highest BCUT2D eigenvalue weighted by Crippen LogP contribution is 2.22. The third kappa shape index (κ3) is 4.17. The lowest BCUT2D eigenvalue weighted by Gasteiger charge is -2.35. The van der Waals surface area contributed by atoms with Crippen LogP contribution >= 0.6 is 22.6 Å². The van der Waals surface area contributed by atoms with Crippen molar-refractivity contribution in [2.75, 3.05) is 49.1 Å². The average Bonchev–Trinajstić information content (AvgIpc) is 3.22. The average molecular weight is 477 g/mol. The number of aromatic nitrogens is 2. The van der Waals surface area contributed by atoms with E-state index >= 15 is 0 Å². The van der Waals surface area contributed by atoms with Crippen LogP contribution in [-0.4, -0.2) is 60.0 Å². The molecule has 3 heterocycles.